The molecule has 0 saturated carbocycles. The topological polar surface area (TPSA) is 72.0 Å². The molecule has 2 rings (SSSR count). The summed E-state index contributed by atoms with van der Waals surface area (Å²) in [5, 5.41) is 0. The smallest absolute Gasteiger partial charge is 0.314 e. The molecule has 0 aliphatic carbocycles. The maximum absolute atomic E-state index is 11.9. The zero-order valence-electron chi connectivity index (χ0n) is 10.3. The quantitative estimate of drug-likeness (QED) is 0.835. The molecular weight excluding hydrogens is 232 g/mol. The molecule has 0 bridgehead atoms. The van der Waals surface area contributed by atoms with Crippen LogP contribution in [0.25, 0.3) is 11.0 Å². The molecule has 1 aromatic heterocycles. The predicted octanol–water partition coefficient (Wildman–Crippen LogP) is 1.59. The van der Waals surface area contributed by atoms with Gasteiger partial charge in [0.1, 0.15) is 11.6 Å². The Kier molecular flexibility index (Phi) is 3.41. The van der Waals surface area contributed by atoms with Crippen molar-refractivity contribution in [3.05, 3.63) is 40.3 Å². The molecule has 1 aromatic carbocycles. The van der Waals surface area contributed by atoms with Crippen molar-refractivity contribution in [2.75, 3.05) is 6.61 Å². The van der Waals surface area contributed by atoms with Gasteiger partial charge in [-0.25, -0.2) is 4.98 Å². The van der Waals surface area contributed by atoms with E-state index < -0.39 is 11.9 Å². The third-order valence-corrected chi connectivity index (χ3v) is 2.68. The largest absolute Gasteiger partial charge is 0.465 e. The van der Waals surface area contributed by atoms with E-state index in [9.17, 15) is 9.59 Å². The maximum Gasteiger partial charge on any atom is 0.314 e. The van der Waals surface area contributed by atoms with Crippen LogP contribution in [0, 0.1) is 0 Å². The first-order chi connectivity index (χ1) is 8.63. The molecule has 0 aliphatic rings. The Bertz CT molecular complexity index is 633. The summed E-state index contributed by atoms with van der Waals surface area (Å²) in [7, 11) is 0. The number of rotatable bonds is 3. The van der Waals surface area contributed by atoms with E-state index >= 15 is 0 Å². The molecule has 5 nitrogen and oxygen atoms in total. The van der Waals surface area contributed by atoms with Gasteiger partial charge in [0.25, 0.3) is 5.56 Å². The standard InChI is InChI=1S/C13H14N2O3/c1-3-18-13(17)8(2)11-12(16)15-10-7-5-4-6-9(10)14-11/h4-8H,3H2,1-2H3,(H,15,16)/t8-/m0/s1. The molecule has 1 heterocycles. The fourth-order valence-corrected chi connectivity index (χ4v) is 1.72. The predicted molar refractivity (Wildman–Crippen MR) is 67.4 cm³/mol. The molecule has 0 amide bonds. The van der Waals surface area contributed by atoms with Gasteiger partial charge < -0.3 is 9.72 Å². The number of aromatic nitrogens is 2. The van der Waals surface area contributed by atoms with Gasteiger partial charge in [0.05, 0.1) is 17.6 Å². The van der Waals surface area contributed by atoms with Crippen LogP contribution in [0.5, 0.6) is 0 Å². The van der Waals surface area contributed by atoms with Crippen LogP contribution in [0.2, 0.25) is 0 Å². The fourth-order valence-electron chi connectivity index (χ4n) is 1.72. The van der Waals surface area contributed by atoms with Gasteiger partial charge >= 0.3 is 5.97 Å². The number of ether oxygens (including phenoxy) is 1. The Hall–Kier alpha value is -2.17. The fraction of sp³-hybridized carbons (Fsp3) is 0.308. The third kappa shape index (κ3) is 2.25. The molecule has 0 unspecified atom stereocenters. The van der Waals surface area contributed by atoms with Crippen LogP contribution in [0.3, 0.4) is 0 Å². The number of fused-ring (bicyclic) bond motifs is 1. The highest BCUT2D eigenvalue weighted by atomic mass is 16.5. The lowest BCUT2D eigenvalue weighted by atomic mass is 10.1. The molecule has 94 valence electrons. The SMILES string of the molecule is CCOC(=O)[C@@H](C)c1nc2ccccc2[nH]c1=O. The number of nitrogens with zero attached hydrogens (tertiary/aromatic N) is 1. The van der Waals surface area contributed by atoms with Gasteiger partial charge in [-0.3, -0.25) is 9.59 Å². The molecule has 0 fully saturated rings. The molecule has 1 atom stereocenters. The number of hydrogen-bond acceptors (Lipinski definition) is 4. The number of H-pyrrole nitrogens is 1. The van der Waals surface area contributed by atoms with E-state index in [0.717, 1.165) is 0 Å². The summed E-state index contributed by atoms with van der Waals surface area (Å²) >= 11 is 0. The van der Waals surface area contributed by atoms with E-state index in [1.807, 2.05) is 12.1 Å². The Morgan fingerprint density at radius 2 is 2.17 bits per heavy atom. The third-order valence-electron chi connectivity index (χ3n) is 2.68. The lowest BCUT2D eigenvalue weighted by Crippen LogP contribution is -2.23. The molecule has 1 N–H and O–H groups in total. The summed E-state index contributed by atoms with van der Waals surface area (Å²) in [6, 6.07) is 7.19. The minimum Gasteiger partial charge on any atom is -0.465 e. The van der Waals surface area contributed by atoms with Crippen molar-refractivity contribution in [2.24, 2.45) is 0 Å². The van der Waals surface area contributed by atoms with Crippen molar-refractivity contribution in [1.29, 1.82) is 0 Å². The van der Waals surface area contributed by atoms with Crippen LogP contribution < -0.4 is 5.56 Å². The Morgan fingerprint density at radius 1 is 1.44 bits per heavy atom. The van der Waals surface area contributed by atoms with Crippen LogP contribution in [0.4, 0.5) is 0 Å². The number of para-hydroxylation sites is 2. The van der Waals surface area contributed by atoms with Gasteiger partial charge in [-0.15, -0.1) is 0 Å². The lowest BCUT2D eigenvalue weighted by molar-refractivity contribution is -0.144. The molecule has 0 spiro atoms. The summed E-state index contributed by atoms with van der Waals surface area (Å²) in [5.41, 5.74) is 1.15. The van der Waals surface area contributed by atoms with E-state index in [2.05, 4.69) is 9.97 Å². The van der Waals surface area contributed by atoms with Crippen LogP contribution in [-0.2, 0) is 9.53 Å². The average Bonchev–Trinajstić information content (AvgIpc) is 2.37. The second-order valence-corrected chi connectivity index (χ2v) is 3.94. The zero-order valence-corrected chi connectivity index (χ0v) is 10.3. The van der Waals surface area contributed by atoms with Crippen molar-refractivity contribution in [3.8, 4) is 0 Å². The highest BCUT2D eigenvalue weighted by molar-refractivity contribution is 5.79. The first kappa shape index (κ1) is 12.3. The summed E-state index contributed by atoms with van der Waals surface area (Å²) in [5.74, 6) is -1.11. The maximum atomic E-state index is 11.9. The molecule has 18 heavy (non-hydrogen) atoms. The van der Waals surface area contributed by atoms with Gasteiger partial charge in [-0.1, -0.05) is 12.1 Å². The van der Waals surface area contributed by atoms with E-state index in [1.165, 1.54) is 0 Å². The van der Waals surface area contributed by atoms with Crippen molar-refractivity contribution in [3.63, 3.8) is 0 Å². The average molecular weight is 246 g/mol. The lowest BCUT2D eigenvalue weighted by Gasteiger charge is -2.09. The van der Waals surface area contributed by atoms with Crippen LogP contribution in [0.15, 0.2) is 29.1 Å². The molecular formula is C13H14N2O3. The number of carbonyl (C=O) groups is 1. The van der Waals surface area contributed by atoms with Gasteiger partial charge in [0.15, 0.2) is 0 Å². The van der Waals surface area contributed by atoms with E-state index in [4.69, 9.17) is 4.74 Å². The normalized spacial score (nSPS) is 12.3. The van der Waals surface area contributed by atoms with Crippen LogP contribution >= 0.6 is 0 Å². The number of esters is 1. The molecule has 2 aromatic rings. The second-order valence-electron chi connectivity index (χ2n) is 3.94. The molecule has 0 radical (unpaired) electrons. The summed E-state index contributed by atoms with van der Waals surface area (Å²) in [4.78, 5) is 30.4. The monoisotopic (exact) mass is 246 g/mol. The van der Waals surface area contributed by atoms with Crippen LogP contribution in [-0.4, -0.2) is 22.5 Å². The van der Waals surface area contributed by atoms with Gasteiger partial charge in [-0.05, 0) is 26.0 Å². The number of aromatic amines is 1. The van der Waals surface area contributed by atoms with Crippen molar-refractivity contribution >= 4 is 17.0 Å². The summed E-state index contributed by atoms with van der Waals surface area (Å²) in [6.45, 7) is 3.63. The Labute approximate surface area is 104 Å². The summed E-state index contributed by atoms with van der Waals surface area (Å²) in [6.07, 6.45) is 0. The van der Waals surface area contributed by atoms with E-state index in [0.29, 0.717) is 11.0 Å². The summed E-state index contributed by atoms with van der Waals surface area (Å²) < 4.78 is 4.89. The molecule has 0 saturated heterocycles. The molecule has 0 aliphatic heterocycles. The van der Waals surface area contributed by atoms with Gasteiger partial charge in [0.2, 0.25) is 0 Å². The van der Waals surface area contributed by atoms with Crippen molar-refractivity contribution in [1.82, 2.24) is 9.97 Å². The first-order valence-electron chi connectivity index (χ1n) is 5.79. The van der Waals surface area contributed by atoms with Gasteiger partial charge in [-0.2, -0.15) is 0 Å². The highest BCUT2D eigenvalue weighted by Gasteiger charge is 2.21. The zero-order chi connectivity index (χ0) is 13.1. The van der Waals surface area contributed by atoms with Gasteiger partial charge in [0, 0.05) is 0 Å². The second kappa shape index (κ2) is 5.00. The van der Waals surface area contributed by atoms with E-state index in [-0.39, 0.29) is 17.9 Å². The number of nitrogens with one attached hydrogen (secondary N) is 1. The van der Waals surface area contributed by atoms with Crippen molar-refractivity contribution in [2.45, 2.75) is 19.8 Å². The van der Waals surface area contributed by atoms with Crippen LogP contribution in [0.1, 0.15) is 25.5 Å². The Morgan fingerprint density at radius 3 is 2.89 bits per heavy atom. The minimum atomic E-state index is -0.668. The molecule has 5 heteroatoms. The number of benzene rings is 1. The number of hydrogen-bond donors (Lipinski definition) is 1. The first-order valence-corrected chi connectivity index (χ1v) is 5.79. The minimum absolute atomic E-state index is 0.187. The highest BCUT2D eigenvalue weighted by Crippen LogP contribution is 2.13. The van der Waals surface area contributed by atoms with Crippen molar-refractivity contribution < 1.29 is 9.53 Å². The van der Waals surface area contributed by atoms with E-state index in [1.54, 1.807) is 26.0 Å². The number of carbonyl (C=O) groups excluding carboxylic acids is 1. The Balaban J connectivity index is 2.47.